The molecule has 3 N–H and O–H groups in total. The van der Waals surface area contributed by atoms with Crippen LogP contribution in [0.4, 0.5) is 16.2 Å². The maximum absolute atomic E-state index is 13.2. The Morgan fingerprint density at radius 1 is 1.08 bits per heavy atom. The van der Waals surface area contributed by atoms with Crippen LogP contribution in [0, 0.1) is 6.92 Å². The second-order valence-corrected chi connectivity index (χ2v) is 8.12. The average molecular weight is 356 g/mol. The molecule has 1 heterocycles. The van der Waals surface area contributed by atoms with Crippen LogP contribution in [0.2, 0.25) is 0 Å². The summed E-state index contributed by atoms with van der Waals surface area (Å²) in [4.78, 5) is 13.7. The quantitative estimate of drug-likeness (QED) is 0.824. The molecular formula is C19H23N3O2P+. The van der Waals surface area contributed by atoms with Gasteiger partial charge in [0.15, 0.2) is 5.66 Å². The van der Waals surface area contributed by atoms with Crippen molar-refractivity contribution < 1.29 is 9.36 Å². The number of anilines is 2. The van der Waals surface area contributed by atoms with Crippen molar-refractivity contribution >= 4 is 30.5 Å². The number of hydrogen-bond donors (Lipinski definition) is 2. The molecule has 1 atom stereocenters. The van der Waals surface area contributed by atoms with E-state index >= 15 is 0 Å². The Labute approximate surface area is 149 Å². The topological polar surface area (TPSA) is 75.4 Å². The monoisotopic (exact) mass is 356 g/mol. The van der Waals surface area contributed by atoms with Gasteiger partial charge >= 0.3 is 13.8 Å². The first kappa shape index (κ1) is 17.6. The van der Waals surface area contributed by atoms with Crippen LogP contribution in [-0.2, 0) is 4.57 Å². The Morgan fingerprint density at radius 2 is 1.68 bits per heavy atom. The van der Waals surface area contributed by atoms with E-state index in [9.17, 15) is 9.36 Å². The van der Waals surface area contributed by atoms with Crippen molar-refractivity contribution in [2.24, 2.45) is 5.73 Å². The number of urea groups is 1. The lowest BCUT2D eigenvalue weighted by Crippen LogP contribution is -2.35. The highest BCUT2D eigenvalue weighted by molar-refractivity contribution is 7.54. The van der Waals surface area contributed by atoms with E-state index < -0.39 is 13.8 Å². The minimum absolute atomic E-state index is 0.129. The number of hydrogen-bond acceptors (Lipinski definition) is 3. The van der Waals surface area contributed by atoms with Crippen LogP contribution >= 0.6 is 7.80 Å². The normalized spacial score (nSPS) is 15.6. The minimum atomic E-state index is -1.61. The number of nitrogens with zero attached hydrogens (tertiary/aromatic N) is 1. The van der Waals surface area contributed by atoms with Crippen LogP contribution in [0.25, 0.3) is 0 Å². The summed E-state index contributed by atoms with van der Waals surface area (Å²) in [5.41, 5.74) is 8.10. The molecular weight excluding hydrogens is 333 g/mol. The Bertz CT molecular complexity index is 788. The number of nitrogens with two attached hydrogens (primary N) is 1. The van der Waals surface area contributed by atoms with Crippen molar-refractivity contribution in [1.82, 2.24) is 5.32 Å². The lowest BCUT2D eigenvalue weighted by Gasteiger charge is -2.23. The summed E-state index contributed by atoms with van der Waals surface area (Å²) >= 11 is 0. The number of piperidine rings is 1. The molecule has 1 unspecified atom stereocenters. The van der Waals surface area contributed by atoms with Gasteiger partial charge in [-0.2, -0.15) is 0 Å². The predicted molar refractivity (Wildman–Crippen MR) is 102 cm³/mol. The fourth-order valence-electron chi connectivity index (χ4n) is 3.26. The standard InChI is InChI=1S/C19H22N3O2P/c1-14-6-2-3-7-16(14)22(19(20)23)17-8-4-5-9-18(17)25(24)15-10-12-21-13-11-15/h2-9,15,21H,10-13H2,1H3,(H-,20,23)/p+1. The Kier molecular flexibility index (Phi) is 5.47. The van der Waals surface area contributed by atoms with Gasteiger partial charge in [-0.3, -0.25) is 4.90 Å². The average Bonchev–Trinajstić information content (AvgIpc) is 2.64. The maximum Gasteiger partial charge on any atom is 0.382 e. The number of primary amides is 1. The molecule has 1 aliphatic heterocycles. The number of benzene rings is 2. The third-order valence-electron chi connectivity index (χ3n) is 4.58. The van der Waals surface area contributed by atoms with Crippen LogP contribution in [0.15, 0.2) is 48.5 Å². The molecule has 0 radical (unpaired) electrons. The molecule has 2 amide bonds. The molecule has 25 heavy (non-hydrogen) atoms. The minimum Gasteiger partial charge on any atom is -0.351 e. The summed E-state index contributed by atoms with van der Waals surface area (Å²) in [7, 11) is -1.61. The van der Waals surface area contributed by atoms with Crippen molar-refractivity contribution in [3.8, 4) is 0 Å². The van der Waals surface area contributed by atoms with E-state index in [0.717, 1.165) is 37.2 Å². The van der Waals surface area contributed by atoms with Crippen molar-refractivity contribution in [2.75, 3.05) is 18.0 Å². The SMILES string of the molecule is Cc1ccccc1N(C(N)=O)c1ccccc1[P+](=O)C1CCNCC1. The highest BCUT2D eigenvalue weighted by Gasteiger charge is 2.37. The smallest absolute Gasteiger partial charge is 0.351 e. The first-order valence-corrected chi connectivity index (χ1v) is 9.84. The van der Waals surface area contributed by atoms with Crippen LogP contribution in [0.1, 0.15) is 18.4 Å². The lowest BCUT2D eigenvalue weighted by molar-refractivity contribution is 0.256. The predicted octanol–water partition coefficient (Wildman–Crippen LogP) is 3.42. The second kappa shape index (κ2) is 7.77. The summed E-state index contributed by atoms with van der Waals surface area (Å²) in [5, 5.41) is 4.00. The molecule has 0 aliphatic carbocycles. The molecule has 0 aromatic heterocycles. The number of rotatable bonds is 4. The maximum atomic E-state index is 13.2. The second-order valence-electron chi connectivity index (χ2n) is 6.26. The molecule has 0 saturated carbocycles. The van der Waals surface area contributed by atoms with Gasteiger partial charge in [-0.1, -0.05) is 34.9 Å². The molecule has 1 fully saturated rings. The zero-order valence-corrected chi connectivity index (χ0v) is 15.2. The summed E-state index contributed by atoms with van der Waals surface area (Å²) in [6.07, 6.45) is 1.76. The fraction of sp³-hybridized carbons (Fsp3) is 0.316. The number of nitrogens with one attached hydrogen (secondary N) is 1. The molecule has 0 spiro atoms. The molecule has 130 valence electrons. The molecule has 6 heteroatoms. The van der Waals surface area contributed by atoms with E-state index in [4.69, 9.17) is 5.73 Å². The van der Waals surface area contributed by atoms with Crippen molar-refractivity contribution in [1.29, 1.82) is 0 Å². The number of carbonyl (C=O) groups excluding carboxylic acids is 1. The third-order valence-corrected chi connectivity index (χ3v) is 6.61. The van der Waals surface area contributed by atoms with Crippen LogP contribution in [0.3, 0.4) is 0 Å². The molecule has 1 saturated heterocycles. The van der Waals surface area contributed by atoms with Crippen molar-refractivity contribution in [2.45, 2.75) is 25.4 Å². The van der Waals surface area contributed by atoms with Crippen molar-refractivity contribution in [3.63, 3.8) is 0 Å². The van der Waals surface area contributed by atoms with E-state index in [1.54, 1.807) is 0 Å². The summed E-state index contributed by atoms with van der Waals surface area (Å²) in [6, 6.07) is 14.4. The van der Waals surface area contributed by atoms with Gasteiger partial charge in [0.25, 0.3) is 0 Å². The Balaban J connectivity index is 2.05. The van der Waals surface area contributed by atoms with Gasteiger partial charge < -0.3 is 11.1 Å². The third kappa shape index (κ3) is 3.73. The first-order valence-electron chi connectivity index (χ1n) is 8.51. The molecule has 2 aromatic carbocycles. The number of para-hydroxylation sites is 2. The number of carbonyl (C=O) groups is 1. The highest BCUT2D eigenvalue weighted by Crippen LogP contribution is 2.38. The van der Waals surface area contributed by atoms with Crippen LogP contribution in [0.5, 0.6) is 0 Å². The van der Waals surface area contributed by atoms with Gasteiger partial charge in [0.05, 0.1) is 5.69 Å². The van der Waals surface area contributed by atoms with Gasteiger partial charge in [0.2, 0.25) is 5.30 Å². The Morgan fingerprint density at radius 3 is 2.32 bits per heavy atom. The first-order chi connectivity index (χ1) is 12.1. The van der Waals surface area contributed by atoms with E-state index in [1.807, 2.05) is 55.5 Å². The van der Waals surface area contributed by atoms with E-state index in [-0.39, 0.29) is 5.66 Å². The van der Waals surface area contributed by atoms with Crippen LogP contribution < -0.4 is 21.3 Å². The van der Waals surface area contributed by atoms with Gasteiger partial charge in [0.1, 0.15) is 5.69 Å². The van der Waals surface area contributed by atoms with Crippen molar-refractivity contribution in [3.05, 3.63) is 54.1 Å². The summed E-state index contributed by atoms with van der Waals surface area (Å²) < 4.78 is 13.2. The van der Waals surface area contributed by atoms with E-state index in [1.165, 1.54) is 4.90 Å². The zero-order valence-electron chi connectivity index (χ0n) is 14.3. The van der Waals surface area contributed by atoms with Gasteiger partial charge in [0, 0.05) is 12.8 Å². The number of amides is 2. The highest BCUT2D eigenvalue weighted by atomic mass is 31.1. The molecule has 1 aliphatic rings. The summed E-state index contributed by atoms with van der Waals surface area (Å²) in [6.45, 7) is 3.69. The van der Waals surface area contributed by atoms with E-state index in [0.29, 0.717) is 11.0 Å². The van der Waals surface area contributed by atoms with E-state index in [2.05, 4.69) is 5.32 Å². The number of aryl methyl sites for hydroxylation is 1. The van der Waals surface area contributed by atoms with Gasteiger partial charge in [-0.25, -0.2) is 4.79 Å². The lowest BCUT2D eigenvalue weighted by atomic mass is 10.1. The summed E-state index contributed by atoms with van der Waals surface area (Å²) in [5.74, 6) is 0. The molecule has 3 rings (SSSR count). The molecule has 5 nitrogen and oxygen atoms in total. The molecule has 2 aromatic rings. The zero-order chi connectivity index (χ0) is 17.8. The van der Waals surface area contributed by atoms with Gasteiger partial charge in [-0.15, -0.1) is 0 Å². The van der Waals surface area contributed by atoms with Crippen LogP contribution in [-0.4, -0.2) is 24.8 Å². The Hall–Kier alpha value is -2.23. The largest absolute Gasteiger partial charge is 0.382 e. The fourth-order valence-corrected chi connectivity index (χ4v) is 5.01. The van der Waals surface area contributed by atoms with Gasteiger partial charge in [-0.05, 0) is 43.8 Å². The molecule has 0 bridgehead atoms.